The molecule has 2 aromatic heterocycles. The maximum Gasteiger partial charge on any atom is 0.335 e. The third-order valence-electron chi connectivity index (χ3n) is 7.10. The minimum atomic E-state index is -0.973. The summed E-state index contributed by atoms with van der Waals surface area (Å²) in [7, 11) is 0. The molecule has 0 radical (unpaired) electrons. The van der Waals surface area contributed by atoms with Crippen molar-refractivity contribution in [2.24, 2.45) is 0 Å². The first-order chi connectivity index (χ1) is 18.4. The number of nitrogens with zero attached hydrogens (tertiary/aromatic N) is 2. The Morgan fingerprint density at radius 3 is 2.47 bits per heavy atom. The summed E-state index contributed by atoms with van der Waals surface area (Å²) in [5.74, 6) is -1.15. The summed E-state index contributed by atoms with van der Waals surface area (Å²) in [5, 5.41) is 14.1. The molecule has 0 unspecified atom stereocenters. The number of carboxylic acid groups (broad SMARTS) is 1. The molecule has 188 valence electrons. The minimum absolute atomic E-state index is 0.182. The van der Waals surface area contributed by atoms with Crippen LogP contribution in [0.1, 0.15) is 44.7 Å². The summed E-state index contributed by atoms with van der Waals surface area (Å²) in [6.45, 7) is 0.565. The first-order valence-electron chi connectivity index (χ1n) is 12.4. The number of aromatic nitrogens is 2. The molecule has 6 nitrogen and oxygen atoms in total. The van der Waals surface area contributed by atoms with Crippen molar-refractivity contribution in [3.8, 4) is 11.3 Å². The van der Waals surface area contributed by atoms with Crippen molar-refractivity contribution in [3.05, 3.63) is 125 Å². The van der Waals surface area contributed by atoms with Gasteiger partial charge in [0.2, 0.25) is 0 Å². The molecule has 1 amide bonds. The summed E-state index contributed by atoms with van der Waals surface area (Å²) >= 11 is 6.23. The number of pyridine rings is 1. The van der Waals surface area contributed by atoms with Gasteiger partial charge >= 0.3 is 5.97 Å². The van der Waals surface area contributed by atoms with E-state index in [1.54, 1.807) is 30.5 Å². The Balaban J connectivity index is 1.41. The number of halogens is 1. The van der Waals surface area contributed by atoms with E-state index in [9.17, 15) is 14.7 Å². The van der Waals surface area contributed by atoms with E-state index in [2.05, 4.69) is 20.9 Å². The number of amides is 1. The van der Waals surface area contributed by atoms with Crippen molar-refractivity contribution in [2.45, 2.75) is 24.9 Å². The SMILES string of the molecule is O=C(O)c1ccc(C2(NC(=O)c3cc(-c4ccccn4)cc4ccn(Cc5cccc(Cl)c5)c34)CC2)cc1. The van der Waals surface area contributed by atoms with E-state index in [-0.39, 0.29) is 11.5 Å². The Bertz CT molecular complexity index is 1670. The van der Waals surface area contributed by atoms with Gasteiger partial charge in [0.25, 0.3) is 5.91 Å². The number of aromatic carboxylic acids is 1. The molecule has 6 rings (SSSR count). The molecule has 5 aromatic rings. The number of nitrogens with one attached hydrogen (secondary N) is 1. The van der Waals surface area contributed by atoms with Gasteiger partial charge in [0.15, 0.2) is 0 Å². The molecule has 1 saturated carbocycles. The second-order valence-electron chi connectivity index (χ2n) is 9.67. The normalized spacial score (nSPS) is 13.8. The number of benzene rings is 3. The third kappa shape index (κ3) is 4.55. The smallest absolute Gasteiger partial charge is 0.335 e. The lowest BCUT2D eigenvalue weighted by Crippen LogP contribution is -2.35. The molecule has 7 heteroatoms. The molecule has 1 aliphatic rings. The molecule has 2 heterocycles. The van der Waals surface area contributed by atoms with Crippen molar-refractivity contribution < 1.29 is 14.7 Å². The fraction of sp³-hybridized carbons (Fsp3) is 0.129. The largest absolute Gasteiger partial charge is 0.478 e. The van der Waals surface area contributed by atoms with Crippen molar-refractivity contribution in [1.82, 2.24) is 14.9 Å². The number of hydrogen-bond donors (Lipinski definition) is 2. The Kier molecular flexibility index (Phi) is 5.97. The van der Waals surface area contributed by atoms with Crippen LogP contribution in [0.4, 0.5) is 0 Å². The zero-order valence-corrected chi connectivity index (χ0v) is 21.2. The predicted molar refractivity (Wildman–Crippen MR) is 148 cm³/mol. The minimum Gasteiger partial charge on any atom is -0.478 e. The number of fused-ring (bicyclic) bond motifs is 1. The Hall–Kier alpha value is -4.42. The van der Waals surface area contributed by atoms with Gasteiger partial charge < -0.3 is 15.0 Å². The van der Waals surface area contributed by atoms with E-state index in [0.29, 0.717) is 17.1 Å². The summed E-state index contributed by atoms with van der Waals surface area (Å²) in [5.41, 5.74) is 4.69. The van der Waals surface area contributed by atoms with Crippen LogP contribution in [0, 0.1) is 0 Å². The van der Waals surface area contributed by atoms with Crippen LogP contribution < -0.4 is 5.32 Å². The van der Waals surface area contributed by atoms with Gasteiger partial charge in [0.05, 0.1) is 27.9 Å². The second-order valence-corrected chi connectivity index (χ2v) is 10.1. The van der Waals surface area contributed by atoms with Gasteiger partial charge in [-0.1, -0.05) is 41.9 Å². The maximum atomic E-state index is 13.9. The summed E-state index contributed by atoms with van der Waals surface area (Å²) in [6.07, 6.45) is 5.31. The van der Waals surface area contributed by atoms with Crippen LogP contribution in [-0.2, 0) is 12.1 Å². The van der Waals surface area contributed by atoms with Gasteiger partial charge in [0, 0.05) is 34.9 Å². The highest BCUT2D eigenvalue weighted by atomic mass is 35.5. The van der Waals surface area contributed by atoms with E-state index >= 15 is 0 Å². The van der Waals surface area contributed by atoms with Crippen LogP contribution >= 0.6 is 11.6 Å². The van der Waals surface area contributed by atoms with Crippen LogP contribution in [0.2, 0.25) is 5.02 Å². The standard InChI is InChI=1S/C31H24ClN3O3/c32-25-5-3-4-20(16-25)19-35-15-11-22-17-23(27-6-1-2-14-33-27)18-26(28(22)35)29(36)34-31(12-13-31)24-9-7-21(8-10-24)30(37)38/h1-11,14-18H,12-13,19H2,(H,34,36)(H,37,38). The molecular weight excluding hydrogens is 498 g/mol. The Labute approximate surface area is 224 Å². The molecule has 1 aliphatic carbocycles. The average molecular weight is 522 g/mol. The van der Waals surface area contributed by atoms with E-state index in [1.165, 1.54) is 0 Å². The molecule has 2 N–H and O–H groups in total. The lowest BCUT2D eigenvalue weighted by atomic mass is 10.00. The molecule has 0 aliphatic heterocycles. The number of carboxylic acids is 1. The number of carbonyl (C=O) groups is 2. The first-order valence-corrected chi connectivity index (χ1v) is 12.7. The van der Waals surface area contributed by atoms with Gasteiger partial charge in [-0.05, 0) is 78.6 Å². The average Bonchev–Trinajstić information content (AvgIpc) is 3.60. The van der Waals surface area contributed by atoms with Gasteiger partial charge in [-0.25, -0.2) is 4.79 Å². The van der Waals surface area contributed by atoms with Gasteiger partial charge in [-0.15, -0.1) is 0 Å². The second kappa shape index (κ2) is 9.47. The molecule has 38 heavy (non-hydrogen) atoms. The number of rotatable bonds is 7. The molecule has 1 fully saturated rings. The Morgan fingerprint density at radius 2 is 1.79 bits per heavy atom. The topological polar surface area (TPSA) is 84.2 Å². The summed E-state index contributed by atoms with van der Waals surface area (Å²) < 4.78 is 2.07. The zero-order valence-electron chi connectivity index (χ0n) is 20.4. The number of hydrogen-bond acceptors (Lipinski definition) is 3. The van der Waals surface area contributed by atoms with E-state index < -0.39 is 11.5 Å². The molecular formula is C31H24ClN3O3. The molecule has 0 spiro atoms. The molecule has 0 atom stereocenters. The monoisotopic (exact) mass is 521 g/mol. The fourth-order valence-corrected chi connectivity index (χ4v) is 5.21. The summed E-state index contributed by atoms with van der Waals surface area (Å²) in [6, 6.07) is 26.1. The third-order valence-corrected chi connectivity index (χ3v) is 7.33. The molecule has 3 aromatic carbocycles. The van der Waals surface area contributed by atoms with Crippen molar-refractivity contribution >= 4 is 34.4 Å². The zero-order chi connectivity index (χ0) is 26.3. The fourth-order valence-electron chi connectivity index (χ4n) is 4.99. The molecule has 0 saturated heterocycles. The highest BCUT2D eigenvalue weighted by Crippen LogP contribution is 2.46. The van der Waals surface area contributed by atoms with Crippen LogP contribution in [0.5, 0.6) is 0 Å². The van der Waals surface area contributed by atoms with Crippen LogP contribution in [0.3, 0.4) is 0 Å². The highest BCUT2D eigenvalue weighted by Gasteiger charge is 2.46. The quantitative estimate of drug-likeness (QED) is 0.255. The lowest BCUT2D eigenvalue weighted by molar-refractivity contribution is 0.0696. The van der Waals surface area contributed by atoms with Crippen molar-refractivity contribution in [1.29, 1.82) is 0 Å². The van der Waals surface area contributed by atoms with Crippen LogP contribution in [0.15, 0.2) is 97.3 Å². The maximum absolute atomic E-state index is 13.9. The van der Waals surface area contributed by atoms with E-state index in [4.69, 9.17) is 11.6 Å². The van der Waals surface area contributed by atoms with Gasteiger partial charge in [0.1, 0.15) is 0 Å². The summed E-state index contributed by atoms with van der Waals surface area (Å²) in [4.78, 5) is 29.7. The van der Waals surface area contributed by atoms with Crippen LogP contribution in [-0.4, -0.2) is 26.5 Å². The van der Waals surface area contributed by atoms with Crippen molar-refractivity contribution in [2.75, 3.05) is 0 Å². The highest BCUT2D eigenvalue weighted by molar-refractivity contribution is 6.30. The van der Waals surface area contributed by atoms with E-state index in [0.717, 1.165) is 46.1 Å². The van der Waals surface area contributed by atoms with Gasteiger partial charge in [-0.3, -0.25) is 9.78 Å². The van der Waals surface area contributed by atoms with Crippen LogP contribution in [0.25, 0.3) is 22.2 Å². The first kappa shape index (κ1) is 23.9. The number of carbonyl (C=O) groups excluding carboxylic acids is 1. The Morgan fingerprint density at radius 1 is 0.974 bits per heavy atom. The molecule has 0 bridgehead atoms. The predicted octanol–water partition coefficient (Wildman–Crippen LogP) is 6.52. The van der Waals surface area contributed by atoms with E-state index in [1.807, 2.05) is 60.8 Å². The lowest BCUT2D eigenvalue weighted by Gasteiger charge is -2.20. The van der Waals surface area contributed by atoms with Gasteiger partial charge in [-0.2, -0.15) is 0 Å². The van der Waals surface area contributed by atoms with Crippen molar-refractivity contribution in [3.63, 3.8) is 0 Å².